The number of rotatable bonds is 3. The highest BCUT2D eigenvalue weighted by atomic mass is 16.5. The number of anilines is 1. The van der Waals surface area contributed by atoms with Crippen molar-refractivity contribution in [3.8, 4) is 12.1 Å². The van der Waals surface area contributed by atoms with Crippen LogP contribution in [0.5, 0.6) is 0 Å². The van der Waals surface area contributed by atoms with Crippen molar-refractivity contribution in [1.82, 2.24) is 0 Å². The van der Waals surface area contributed by atoms with Crippen LogP contribution in [0, 0.1) is 22.7 Å². The van der Waals surface area contributed by atoms with Crippen LogP contribution in [0.2, 0.25) is 0 Å². The highest BCUT2D eigenvalue weighted by Crippen LogP contribution is 2.21. The summed E-state index contributed by atoms with van der Waals surface area (Å²) in [5.41, 5.74) is 3.10. The lowest BCUT2D eigenvalue weighted by atomic mass is 10.0. The topological polar surface area (TPSA) is 60.0 Å². The molecule has 1 aliphatic heterocycles. The molecule has 1 aromatic carbocycles. The lowest BCUT2D eigenvalue weighted by Crippen LogP contribution is -2.07. The fourth-order valence-corrected chi connectivity index (χ4v) is 2.09. The summed E-state index contributed by atoms with van der Waals surface area (Å²) in [5, 5.41) is 17.8. The standard InChI is InChI=1S/C18H17N3O/c1-21(2)17-6-3-14(4-7-17)5-8-18-11-15(9-10-22-18)16(12-19)13-20/h3-8,11H,9-10H2,1-2H3. The van der Waals surface area contributed by atoms with E-state index >= 15 is 0 Å². The van der Waals surface area contributed by atoms with E-state index in [-0.39, 0.29) is 5.57 Å². The average molecular weight is 291 g/mol. The molecule has 4 heteroatoms. The molecule has 0 N–H and O–H groups in total. The molecule has 0 aliphatic carbocycles. The predicted molar refractivity (Wildman–Crippen MR) is 86.7 cm³/mol. The Labute approximate surface area is 130 Å². The molecule has 0 amide bonds. The Balaban J connectivity index is 2.18. The van der Waals surface area contributed by atoms with Crippen LogP contribution in [0.1, 0.15) is 12.0 Å². The first-order valence-electron chi connectivity index (χ1n) is 6.97. The average Bonchev–Trinajstić information content (AvgIpc) is 2.55. The maximum Gasteiger partial charge on any atom is 0.133 e. The van der Waals surface area contributed by atoms with E-state index in [0.29, 0.717) is 18.8 Å². The number of benzene rings is 1. The van der Waals surface area contributed by atoms with Crippen molar-refractivity contribution >= 4 is 11.8 Å². The van der Waals surface area contributed by atoms with Gasteiger partial charge >= 0.3 is 0 Å². The van der Waals surface area contributed by atoms with Gasteiger partial charge in [-0.05, 0) is 35.4 Å². The zero-order valence-corrected chi connectivity index (χ0v) is 12.7. The summed E-state index contributed by atoms with van der Waals surface area (Å²) in [5.74, 6) is 0.668. The maximum atomic E-state index is 8.92. The van der Waals surface area contributed by atoms with Crippen LogP contribution in [-0.4, -0.2) is 20.7 Å². The van der Waals surface area contributed by atoms with Gasteiger partial charge < -0.3 is 9.64 Å². The van der Waals surface area contributed by atoms with Gasteiger partial charge in [0.25, 0.3) is 0 Å². The van der Waals surface area contributed by atoms with Crippen molar-refractivity contribution in [2.45, 2.75) is 6.42 Å². The largest absolute Gasteiger partial charge is 0.493 e. The second-order valence-electron chi connectivity index (χ2n) is 5.09. The van der Waals surface area contributed by atoms with E-state index in [9.17, 15) is 0 Å². The minimum Gasteiger partial charge on any atom is -0.493 e. The summed E-state index contributed by atoms with van der Waals surface area (Å²) in [6.07, 6.45) is 6.16. The molecule has 0 atom stereocenters. The van der Waals surface area contributed by atoms with Gasteiger partial charge in [0.2, 0.25) is 0 Å². The molecular formula is C18H17N3O. The van der Waals surface area contributed by atoms with E-state index in [0.717, 1.165) is 16.8 Å². The fraction of sp³-hybridized carbons (Fsp3) is 0.222. The van der Waals surface area contributed by atoms with Gasteiger partial charge in [0.15, 0.2) is 0 Å². The molecule has 0 saturated carbocycles. The molecule has 2 rings (SSSR count). The van der Waals surface area contributed by atoms with Crippen LogP contribution in [-0.2, 0) is 4.74 Å². The van der Waals surface area contributed by atoms with Crippen LogP contribution in [0.4, 0.5) is 5.69 Å². The van der Waals surface area contributed by atoms with Gasteiger partial charge in [-0.2, -0.15) is 10.5 Å². The van der Waals surface area contributed by atoms with Crippen LogP contribution >= 0.6 is 0 Å². The van der Waals surface area contributed by atoms with E-state index in [1.807, 2.05) is 67.6 Å². The van der Waals surface area contributed by atoms with E-state index in [2.05, 4.69) is 0 Å². The van der Waals surface area contributed by atoms with E-state index in [1.54, 1.807) is 6.08 Å². The first-order valence-corrected chi connectivity index (χ1v) is 6.97. The van der Waals surface area contributed by atoms with Gasteiger partial charge in [-0.25, -0.2) is 0 Å². The molecule has 0 bridgehead atoms. The van der Waals surface area contributed by atoms with Crippen LogP contribution in [0.3, 0.4) is 0 Å². The Bertz CT molecular complexity index is 694. The molecule has 0 aromatic heterocycles. The third-order valence-corrected chi connectivity index (χ3v) is 3.35. The Kier molecular flexibility index (Phi) is 5.01. The molecule has 1 aromatic rings. The summed E-state index contributed by atoms with van der Waals surface area (Å²) in [6.45, 7) is 0.484. The van der Waals surface area contributed by atoms with Crippen LogP contribution in [0.25, 0.3) is 6.08 Å². The lowest BCUT2D eigenvalue weighted by Gasteiger charge is -2.14. The maximum absolute atomic E-state index is 8.92. The van der Waals surface area contributed by atoms with Crippen molar-refractivity contribution in [1.29, 1.82) is 10.5 Å². The summed E-state index contributed by atoms with van der Waals surface area (Å²) in [4.78, 5) is 2.04. The molecule has 1 aliphatic rings. The van der Waals surface area contributed by atoms with Crippen molar-refractivity contribution in [3.63, 3.8) is 0 Å². The second-order valence-corrected chi connectivity index (χ2v) is 5.09. The lowest BCUT2D eigenvalue weighted by molar-refractivity contribution is 0.219. The first kappa shape index (κ1) is 15.4. The number of hydrogen-bond acceptors (Lipinski definition) is 4. The van der Waals surface area contributed by atoms with Crippen molar-refractivity contribution in [2.75, 3.05) is 25.6 Å². The summed E-state index contributed by atoms with van der Waals surface area (Å²) in [6, 6.07) is 12.0. The molecule has 4 nitrogen and oxygen atoms in total. The molecule has 22 heavy (non-hydrogen) atoms. The Morgan fingerprint density at radius 1 is 1.14 bits per heavy atom. The van der Waals surface area contributed by atoms with Gasteiger partial charge in [0.05, 0.1) is 6.61 Å². The highest BCUT2D eigenvalue weighted by Gasteiger charge is 2.10. The molecule has 0 spiro atoms. The quantitative estimate of drug-likeness (QED) is 0.801. The van der Waals surface area contributed by atoms with Crippen molar-refractivity contribution < 1.29 is 4.74 Å². The zero-order valence-electron chi connectivity index (χ0n) is 12.7. The predicted octanol–water partition coefficient (Wildman–Crippen LogP) is 3.41. The monoisotopic (exact) mass is 291 g/mol. The third-order valence-electron chi connectivity index (χ3n) is 3.35. The number of nitriles is 2. The molecular weight excluding hydrogens is 274 g/mol. The van der Waals surface area contributed by atoms with E-state index in [1.165, 1.54) is 0 Å². The van der Waals surface area contributed by atoms with Crippen molar-refractivity contribution in [2.24, 2.45) is 0 Å². The Morgan fingerprint density at radius 3 is 2.41 bits per heavy atom. The SMILES string of the molecule is CN(C)c1ccc(C=CC2=CC(=C(C#N)C#N)CCO2)cc1. The molecule has 0 radical (unpaired) electrons. The van der Waals surface area contributed by atoms with Crippen LogP contribution < -0.4 is 4.90 Å². The van der Waals surface area contributed by atoms with E-state index < -0.39 is 0 Å². The smallest absolute Gasteiger partial charge is 0.133 e. The molecule has 0 unspecified atom stereocenters. The Hall–Kier alpha value is -2.98. The first-order chi connectivity index (χ1) is 10.6. The molecule has 0 saturated heterocycles. The molecule has 0 fully saturated rings. The zero-order chi connectivity index (χ0) is 15.9. The van der Waals surface area contributed by atoms with Crippen molar-refractivity contribution in [3.05, 3.63) is 58.9 Å². The van der Waals surface area contributed by atoms with Gasteiger partial charge in [-0.15, -0.1) is 0 Å². The second kappa shape index (κ2) is 7.15. The Morgan fingerprint density at radius 2 is 1.82 bits per heavy atom. The number of ether oxygens (including phenoxy) is 1. The van der Waals surface area contributed by atoms with Gasteiger partial charge in [0, 0.05) is 26.2 Å². The van der Waals surface area contributed by atoms with Gasteiger partial charge in [0.1, 0.15) is 23.5 Å². The highest BCUT2D eigenvalue weighted by molar-refractivity contribution is 5.58. The summed E-state index contributed by atoms with van der Waals surface area (Å²) in [7, 11) is 4.00. The minimum absolute atomic E-state index is 0.157. The minimum atomic E-state index is 0.157. The van der Waals surface area contributed by atoms with Gasteiger partial charge in [-0.3, -0.25) is 0 Å². The molecule has 110 valence electrons. The number of nitrogens with zero attached hydrogens (tertiary/aromatic N) is 3. The van der Waals surface area contributed by atoms with Gasteiger partial charge in [-0.1, -0.05) is 18.2 Å². The van der Waals surface area contributed by atoms with E-state index in [4.69, 9.17) is 15.3 Å². The summed E-state index contributed by atoms with van der Waals surface area (Å²) < 4.78 is 5.54. The van der Waals surface area contributed by atoms with Crippen LogP contribution in [0.15, 0.2) is 53.3 Å². The third kappa shape index (κ3) is 3.77. The molecule has 1 heterocycles. The number of allylic oxidation sites excluding steroid dienone is 3. The fourth-order valence-electron chi connectivity index (χ4n) is 2.09. The number of hydrogen-bond donors (Lipinski definition) is 0. The normalized spacial score (nSPS) is 13.8. The summed E-state index contributed by atoms with van der Waals surface area (Å²) >= 11 is 0.